The van der Waals surface area contributed by atoms with Crippen LogP contribution in [-0.2, 0) is 16.0 Å². The molecule has 0 aliphatic rings. The number of pyridine rings is 2. The van der Waals surface area contributed by atoms with E-state index in [9.17, 15) is 19.2 Å². The van der Waals surface area contributed by atoms with Crippen molar-refractivity contribution in [1.29, 1.82) is 0 Å². The van der Waals surface area contributed by atoms with Crippen LogP contribution in [0.5, 0.6) is 0 Å². The summed E-state index contributed by atoms with van der Waals surface area (Å²) >= 11 is 5.97. The van der Waals surface area contributed by atoms with Crippen LogP contribution < -0.4 is 10.9 Å². The largest absolute Gasteiger partial charge is 0.465 e. The zero-order valence-electron chi connectivity index (χ0n) is 19.3. The zero-order chi connectivity index (χ0) is 25.8. The van der Waals surface area contributed by atoms with Gasteiger partial charge < -0.3 is 14.8 Å². The van der Waals surface area contributed by atoms with Gasteiger partial charge in [0.1, 0.15) is 11.2 Å². The van der Waals surface area contributed by atoms with E-state index in [1.54, 1.807) is 42.6 Å². The van der Waals surface area contributed by atoms with Gasteiger partial charge in [0.25, 0.3) is 11.5 Å². The number of methoxy groups -OCH3 is 2. The molecular weight excluding hydrogens is 486 g/mol. The van der Waals surface area contributed by atoms with Crippen molar-refractivity contribution in [2.75, 3.05) is 19.5 Å². The summed E-state index contributed by atoms with van der Waals surface area (Å²) in [5.74, 6) is -2.17. The Kier molecular flexibility index (Phi) is 7.12. The normalized spacial score (nSPS) is 10.6. The van der Waals surface area contributed by atoms with Gasteiger partial charge in [-0.3, -0.25) is 14.2 Å². The van der Waals surface area contributed by atoms with Crippen LogP contribution in [0.3, 0.4) is 0 Å². The first kappa shape index (κ1) is 24.6. The summed E-state index contributed by atoms with van der Waals surface area (Å²) in [5.41, 5.74) is 0.512. The number of hydrogen-bond donors (Lipinski definition) is 1. The van der Waals surface area contributed by atoms with Crippen LogP contribution >= 0.6 is 11.6 Å². The number of carbonyl (C=O) groups is 3. The third-order valence-electron chi connectivity index (χ3n) is 5.44. The number of anilines is 1. The molecule has 0 atom stereocenters. The Morgan fingerprint density at radius 2 is 1.67 bits per heavy atom. The van der Waals surface area contributed by atoms with Gasteiger partial charge in [0.2, 0.25) is 0 Å². The monoisotopic (exact) mass is 505 g/mol. The van der Waals surface area contributed by atoms with E-state index in [1.165, 1.54) is 43.1 Å². The van der Waals surface area contributed by atoms with Crippen LogP contribution in [0.25, 0.3) is 11.0 Å². The molecule has 182 valence electrons. The fraction of sp³-hybridized carbons (Fsp3) is 0.115. The summed E-state index contributed by atoms with van der Waals surface area (Å²) in [6.45, 7) is 0.149. The van der Waals surface area contributed by atoms with E-state index in [2.05, 4.69) is 10.3 Å². The second kappa shape index (κ2) is 10.4. The van der Waals surface area contributed by atoms with Crippen molar-refractivity contribution in [2.45, 2.75) is 6.54 Å². The maximum Gasteiger partial charge on any atom is 0.339 e. The number of amides is 1. The van der Waals surface area contributed by atoms with Crippen molar-refractivity contribution in [1.82, 2.24) is 9.55 Å². The first-order valence-electron chi connectivity index (χ1n) is 10.7. The minimum atomic E-state index is -0.775. The summed E-state index contributed by atoms with van der Waals surface area (Å²) in [6, 6.07) is 15.8. The van der Waals surface area contributed by atoms with Crippen LogP contribution in [0.15, 0.2) is 71.7 Å². The predicted octanol–water partition coefficient (Wildman–Crippen LogP) is 3.92. The molecule has 36 heavy (non-hydrogen) atoms. The van der Waals surface area contributed by atoms with Crippen LogP contribution in [0.4, 0.5) is 5.69 Å². The Morgan fingerprint density at radius 1 is 0.944 bits per heavy atom. The van der Waals surface area contributed by atoms with Crippen molar-refractivity contribution < 1.29 is 23.9 Å². The molecule has 4 rings (SSSR count). The molecule has 1 amide bonds. The van der Waals surface area contributed by atoms with E-state index in [0.717, 1.165) is 5.56 Å². The maximum atomic E-state index is 13.5. The quantitative estimate of drug-likeness (QED) is 0.395. The third kappa shape index (κ3) is 4.96. The van der Waals surface area contributed by atoms with Crippen molar-refractivity contribution >= 4 is 46.2 Å². The number of ether oxygens (including phenoxy) is 2. The molecule has 0 unspecified atom stereocenters. The van der Waals surface area contributed by atoms with Gasteiger partial charge in [-0.1, -0.05) is 23.7 Å². The first-order chi connectivity index (χ1) is 17.3. The Labute approximate surface area is 210 Å². The Balaban J connectivity index is 1.79. The number of nitrogens with one attached hydrogen (secondary N) is 1. The molecule has 0 saturated heterocycles. The molecular formula is C26H20ClN3O6. The van der Waals surface area contributed by atoms with E-state index in [1.807, 2.05) is 0 Å². The standard InChI is InChI=1S/C26H20ClN3O6/c1-35-25(33)17-7-10-19(26(34)36-2)21(13-17)29-23(31)20-12-16-4-3-11-28-22(16)30(24(20)32)14-15-5-8-18(27)9-6-15/h3-13H,14H2,1-2H3,(H,29,31). The molecule has 2 aromatic heterocycles. The lowest BCUT2D eigenvalue weighted by Gasteiger charge is -2.14. The second-order valence-corrected chi connectivity index (χ2v) is 8.13. The second-order valence-electron chi connectivity index (χ2n) is 7.69. The molecule has 0 fully saturated rings. The topological polar surface area (TPSA) is 117 Å². The fourth-order valence-corrected chi connectivity index (χ4v) is 3.78. The Morgan fingerprint density at radius 3 is 2.36 bits per heavy atom. The highest BCUT2D eigenvalue weighted by Gasteiger charge is 2.21. The van der Waals surface area contributed by atoms with E-state index in [4.69, 9.17) is 21.1 Å². The number of fused-ring (bicyclic) bond motifs is 1. The molecule has 9 nitrogen and oxygen atoms in total. The van der Waals surface area contributed by atoms with E-state index in [-0.39, 0.29) is 28.9 Å². The van der Waals surface area contributed by atoms with Crippen molar-refractivity contribution in [3.05, 3.63) is 104 Å². The summed E-state index contributed by atoms with van der Waals surface area (Å²) < 4.78 is 10.9. The lowest BCUT2D eigenvalue weighted by molar-refractivity contribution is 0.0587. The van der Waals surface area contributed by atoms with Crippen LogP contribution in [0.1, 0.15) is 36.6 Å². The number of nitrogens with zero attached hydrogens (tertiary/aromatic N) is 2. The van der Waals surface area contributed by atoms with Gasteiger partial charge in [0.15, 0.2) is 0 Å². The van der Waals surface area contributed by atoms with Crippen LogP contribution in [-0.4, -0.2) is 41.6 Å². The van der Waals surface area contributed by atoms with E-state index in [0.29, 0.717) is 16.1 Å². The SMILES string of the molecule is COC(=O)c1ccc(C(=O)OC)c(NC(=O)c2cc3cccnc3n(Cc3ccc(Cl)cc3)c2=O)c1. The molecule has 0 bridgehead atoms. The Hall–Kier alpha value is -4.50. The zero-order valence-corrected chi connectivity index (χ0v) is 20.0. The van der Waals surface area contributed by atoms with Gasteiger partial charge in [0, 0.05) is 16.6 Å². The van der Waals surface area contributed by atoms with Gasteiger partial charge in [-0.05, 0) is 54.1 Å². The van der Waals surface area contributed by atoms with Crippen LogP contribution in [0, 0.1) is 0 Å². The van der Waals surface area contributed by atoms with Crippen LogP contribution in [0.2, 0.25) is 5.02 Å². The van der Waals surface area contributed by atoms with Gasteiger partial charge in [0.05, 0.1) is 37.6 Å². The van der Waals surface area contributed by atoms with Crippen molar-refractivity contribution in [2.24, 2.45) is 0 Å². The minimum Gasteiger partial charge on any atom is -0.465 e. The molecule has 0 spiro atoms. The maximum absolute atomic E-state index is 13.5. The summed E-state index contributed by atoms with van der Waals surface area (Å²) in [7, 11) is 2.40. The molecule has 2 aromatic carbocycles. The average Bonchev–Trinajstić information content (AvgIpc) is 2.90. The highest BCUT2D eigenvalue weighted by Crippen LogP contribution is 2.21. The lowest BCUT2D eigenvalue weighted by atomic mass is 10.1. The highest BCUT2D eigenvalue weighted by atomic mass is 35.5. The van der Waals surface area contributed by atoms with Gasteiger partial charge in [-0.2, -0.15) is 0 Å². The number of halogens is 1. The molecule has 10 heteroatoms. The minimum absolute atomic E-state index is 0.00227. The number of rotatable bonds is 6. The molecule has 0 radical (unpaired) electrons. The summed E-state index contributed by atoms with van der Waals surface area (Å²) in [5, 5.41) is 3.68. The summed E-state index contributed by atoms with van der Waals surface area (Å²) in [4.78, 5) is 55.3. The predicted molar refractivity (Wildman–Crippen MR) is 134 cm³/mol. The van der Waals surface area contributed by atoms with Gasteiger partial charge in [-0.25, -0.2) is 14.6 Å². The Bertz CT molecular complexity index is 1550. The van der Waals surface area contributed by atoms with E-state index < -0.39 is 23.4 Å². The first-order valence-corrected chi connectivity index (χ1v) is 11.0. The van der Waals surface area contributed by atoms with Gasteiger partial charge >= 0.3 is 11.9 Å². The fourth-order valence-electron chi connectivity index (χ4n) is 3.66. The lowest BCUT2D eigenvalue weighted by Crippen LogP contribution is -2.30. The number of esters is 2. The molecule has 0 saturated carbocycles. The molecule has 0 aliphatic carbocycles. The molecule has 2 heterocycles. The number of aromatic nitrogens is 2. The highest BCUT2D eigenvalue weighted by molar-refractivity contribution is 6.30. The van der Waals surface area contributed by atoms with Crippen molar-refractivity contribution in [3.8, 4) is 0 Å². The summed E-state index contributed by atoms with van der Waals surface area (Å²) in [6.07, 6.45) is 1.56. The molecule has 0 aliphatic heterocycles. The third-order valence-corrected chi connectivity index (χ3v) is 5.69. The molecule has 4 aromatic rings. The number of hydrogen-bond acceptors (Lipinski definition) is 7. The van der Waals surface area contributed by atoms with Crippen molar-refractivity contribution in [3.63, 3.8) is 0 Å². The van der Waals surface area contributed by atoms with Gasteiger partial charge in [-0.15, -0.1) is 0 Å². The van der Waals surface area contributed by atoms with E-state index >= 15 is 0 Å². The average molecular weight is 506 g/mol. The smallest absolute Gasteiger partial charge is 0.339 e. The molecule has 1 N–H and O–H groups in total. The number of benzene rings is 2. The number of carbonyl (C=O) groups excluding carboxylic acids is 3.